The molecule has 0 saturated carbocycles. The van der Waals surface area contributed by atoms with Crippen LogP contribution in [0.3, 0.4) is 0 Å². The molecule has 2 rings (SSSR count). The molecule has 0 N–H and O–H groups in total. The highest BCUT2D eigenvalue weighted by Gasteiger charge is 2.20. The summed E-state index contributed by atoms with van der Waals surface area (Å²) in [7, 11) is 1.87. The van der Waals surface area contributed by atoms with Crippen molar-refractivity contribution in [3.63, 3.8) is 0 Å². The van der Waals surface area contributed by atoms with Crippen LogP contribution < -0.4 is 0 Å². The Kier molecular flexibility index (Phi) is 4.88. The molecular formula is C14H22ClN5O. The van der Waals surface area contributed by atoms with E-state index in [0.29, 0.717) is 25.4 Å². The van der Waals surface area contributed by atoms with Gasteiger partial charge in [0.2, 0.25) is 5.91 Å². The summed E-state index contributed by atoms with van der Waals surface area (Å²) in [5.74, 6) is 1.42. The van der Waals surface area contributed by atoms with Crippen LogP contribution in [-0.2, 0) is 24.8 Å². The maximum atomic E-state index is 12.4. The topological polar surface area (TPSA) is 56.0 Å². The number of rotatable bonds is 6. The molecule has 2 aromatic heterocycles. The number of halogens is 1. The SMILES string of the molecule is CCN(CC)C(=O)Cn1c(CCCl)nc2c(C)nn(C)c21. The fraction of sp³-hybridized carbons (Fsp3) is 0.643. The van der Waals surface area contributed by atoms with Crippen molar-refractivity contribution in [3.8, 4) is 0 Å². The summed E-state index contributed by atoms with van der Waals surface area (Å²) in [6.45, 7) is 7.60. The first-order valence-electron chi connectivity index (χ1n) is 7.25. The number of hydrogen-bond acceptors (Lipinski definition) is 3. The minimum Gasteiger partial charge on any atom is -0.342 e. The van der Waals surface area contributed by atoms with Gasteiger partial charge >= 0.3 is 0 Å². The van der Waals surface area contributed by atoms with Crippen LogP contribution in [0.1, 0.15) is 25.4 Å². The minimum atomic E-state index is 0.0916. The van der Waals surface area contributed by atoms with Gasteiger partial charge in [-0.1, -0.05) is 0 Å². The summed E-state index contributed by atoms with van der Waals surface area (Å²) in [6, 6.07) is 0. The van der Waals surface area contributed by atoms with Gasteiger partial charge in [-0.25, -0.2) is 4.98 Å². The standard InChI is InChI=1S/C14H22ClN5O/c1-5-19(6-2)12(21)9-20-11(7-8-15)16-13-10(3)17-18(4)14(13)20/h5-9H2,1-4H3. The van der Waals surface area contributed by atoms with Gasteiger partial charge in [-0.05, 0) is 20.8 Å². The van der Waals surface area contributed by atoms with Crippen LogP contribution in [0.5, 0.6) is 0 Å². The quantitative estimate of drug-likeness (QED) is 0.763. The first-order valence-corrected chi connectivity index (χ1v) is 7.79. The molecule has 0 spiro atoms. The Hall–Kier alpha value is -1.56. The van der Waals surface area contributed by atoms with Gasteiger partial charge in [-0.3, -0.25) is 9.48 Å². The molecule has 0 bridgehead atoms. The Balaban J connectivity index is 2.45. The minimum absolute atomic E-state index is 0.0916. The van der Waals surface area contributed by atoms with Crippen LogP contribution in [0, 0.1) is 6.92 Å². The van der Waals surface area contributed by atoms with Crippen LogP contribution in [-0.4, -0.2) is 49.1 Å². The predicted molar refractivity (Wildman–Crippen MR) is 83.6 cm³/mol. The van der Waals surface area contributed by atoms with Crippen molar-refractivity contribution in [1.82, 2.24) is 24.2 Å². The van der Waals surface area contributed by atoms with E-state index in [2.05, 4.69) is 10.1 Å². The van der Waals surface area contributed by atoms with E-state index >= 15 is 0 Å². The van der Waals surface area contributed by atoms with Crippen LogP contribution in [0.4, 0.5) is 0 Å². The van der Waals surface area contributed by atoms with Gasteiger partial charge < -0.3 is 9.47 Å². The Labute approximate surface area is 129 Å². The van der Waals surface area contributed by atoms with E-state index in [0.717, 1.165) is 22.7 Å². The fourth-order valence-corrected chi connectivity index (χ4v) is 2.80. The van der Waals surface area contributed by atoms with E-state index in [9.17, 15) is 4.79 Å². The zero-order valence-corrected chi connectivity index (χ0v) is 13.8. The first-order chi connectivity index (χ1) is 10.0. The van der Waals surface area contributed by atoms with Crippen molar-refractivity contribution in [2.45, 2.75) is 33.7 Å². The van der Waals surface area contributed by atoms with Crippen LogP contribution in [0.15, 0.2) is 0 Å². The lowest BCUT2D eigenvalue weighted by atomic mass is 10.4. The number of amides is 1. The highest BCUT2D eigenvalue weighted by molar-refractivity contribution is 6.17. The smallest absolute Gasteiger partial charge is 0.242 e. The number of carbonyl (C=O) groups is 1. The molecule has 116 valence electrons. The lowest BCUT2D eigenvalue weighted by Crippen LogP contribution is -2.34. The molecule has 1 amide bonds. The molecule has 0 aliphatic carbocycles. The maximum absolute atomic E-state index is 12.4. The molecule has 7 heteroatoms. The largest absolute Gasteiger partial charge is 0.342 e. The third kappa shape index (κ3) is 2.90. The molecule has 0 aliphatic heterocycles. The fourth-order valence-electron chi connectivity index (χ4n) is 2.63. The van der Waals surface area contributed by atoms with E-state index in [1.165, 1.54) is 0 Å². The number of hydrogen-bond donors (Lipinski definition) is 0. The first kappa shape index (κ1) is 15.8. The van der Waals surface area contributed by atoms with Gasteiger partial charge in [0.1, 0.15) is 17.9 Å². The normalized spacial score (nSPS) is 11.3. The average molecular weight is 312 g/mol. The van der Waals surface area contributed by atoms with Crippen LogP contribution in [0.2, 0.25) is 0 Å². The zero-order valence-electron chi connectivity index (χ0n) is 13.1. The molecule has 0 aromatic carbocycles. The lowest BCUT2D eigenvalue weighted by molar-refractivity contribution is -0.131. The molecule has 0 atom stereocenters. The van der Waals surface area contributed by atoms with Crippen molar-refractivity contribution in [2.24, 2.45) is 7.05 Å². The summed E-state index contributed by atoms with van der Waals surface area (Å²) in [5.41, 5.74) is 2.61. The number of likely N-dealkylation sites (N-methyl/N-ethyl adjacent to an activating group) is 1. The molecule has 0 saturated heterocycles. The predicted octanol–water partition coefficient (Wildman–Crippen LogP) is 1.73. The van der Waals surface area contributed by atoms with Gasteiger partial charge in [-0.15, -0.1) is 11.6 Å². The van der Waals surface area contributed by atoms with Gasteiger partial charge in [0.05, 0.1) is 5.69 Å². The maximum Gasteiger partial charge on any atom is 0.242 e. The van der Waals surface area contributed by atoms with Crippen LogP contribution in [0.25, 0.3) is 11.2 Å². The summed E-state index contributed by atoms with van der Waals surface area (Å²) in [5, 5.41) is 4.38. The molecule has 0 radical (unpaired) electrons. The third-order valence-corrected chi connectivity index (χ3v) is 3.89. The molecule has 0 unspecified atom stereocenters. The van der Waals surface area contributed by atoms with Gasteiger partial charge in [-0.2, -0.15) is 5.10 Å². The second-order valence-electron chi connectivity index (χ2n) is 5.00. The summed E-state index contributed by atoms with van der Waals surface area (Å²) < 4.78 is 3.73. The molecule has 2 aromatic rings. The summed E-state index contributed by atoms with van der Waals surface area (Å²) in [6.07, 6.45) is 0.640. The monoisotopic (exact) mass is 311 g/mol. The molecule has 2 heterocycles. The third-order valence-electron chi connectivity index (χ3n) is 3.70. The number of carbonyl (C=O) groups excluding carboxylic acids is 1. The second-order valence-corrected chi connectivity index (χ2v) is 5.38. The molecular weight excluding hydrogens is 290 g/mol. The van der Waals surface area contributed by atoms with Crippen molar-refractivity contribution >= 4 is 28.7 Å². The number of fused-ring (bicyclic) bond motifs is 1. The highest BCUT2D eigenvalue weighted by atomic mass is 35.5. The highest BCUT2D eigenvalue weighted by Crippen LogP contribution is 2.20. The summed E-state index contributed by atoms with van der Waals surface area (Å²) >= 11 is 5.86. The molecule has 0 aliphatic rings. The number of imidazole rings is 1. The van der Waals surface area contributed by atoms with Gasteiger partial charge in [0.15, 0.2) is 5.65 Å². The van der Waals surface area contributed by atoms with E-state index in [1.54, 1.807) is 4.68 Å². The van der Waals surface area contributed by atoms with Crippen molar-refractivity contribution < 1.29 is 4.79 Å². The Morgan fingerprint density at radius 3 is 2.57 bits per heavy atom. The van der Waals surface area contributed by atoms with Crippen LogP contribution >= 0.6 is 11.6 Å². The van der Waals surface area contributed by atoms with Gasteiger partial charge in [0, 0.05) is 32.4 Å². The Morgan fingerprint density at radius 2 is 2.00 bits per heavy atom. The zero-order chi connectivity index (χ0) is 15.6. The van der Waals surface area contributed by atoms with Crippen molar-refractivity contribution in [1.29, 1.82) is 0 Å². The average Bonchev–Trinajstić information content (AvgIpc) is 2.92. The number of aryl methyl sites for hydroxylation is 3. The number of aromatic nitrogens is 4. The summed E-state index contributed by atoms with van der Waals surface area (Å²) in [4.78, 5) is 18.8. The molecule has 21 heavy (non-hydrogen) atoms. The lowest BCUT2D eigenvalue weighted by Gasteiger charge is -2.19. The van der Waals surface area contributed by atoms with E-state index in [-0.39, 0.29) is 12.5 Å². The van der Waals surface area contributed by atoms with Crippen molar-refractivity contribution in [2.75, 3.05) is 19.0 Å². The van der Waals surface area contributed by atoms with E-state index in [1.807, 2.05) is 37.3 Å². The van der Waals surface area contributed by atoms with E-state index < -0.39 is 0 Å². The van der Waals surface area contributed by atoms with Gasteiger partial charge in [0.25, 0.3) is 0 Å². The number of nitrogens with zero attached hydrogens (tertiary/aromatic N) is 5. The molecule has 6 nitrogen and oxygen atoms in total. The van der Waals surface area contributed by atoms with E-state index in [4.69, 9.17) is 11.6 Å². The second kappa shape index (κ2) is 6.47. The Morgan fingerprint density at radius 1 is 1.33 bits per heavy atom. The number of alkyl halides is 1. The Bertz CT molecular complexity index is 641. The van der Waals surface area contributed by atoms with Crippen molar-refractivity contribution in [3.05, 3.63) is 11.5 Å². The molecule has 0 fully saturated rings.